The number of rotatable bonds is 2. The molecule has 0 fully saturated rings. The molecule has 0 spiro atoms. The lowest BCUT2D eigenvalue weighted by Crippen LogP contribution is -2.55. The lowest BCUT2D eigenvalue weighted by Gasteiger charge is -2.16. The normalized spacial score (nSPS) is 12.0. The van der Waals surface area contributed by atoms with Gasteiger partial charge < -0.3 is 28.0 Å². The molecule has 0 aromatic rings. The van der Waals surface area contributed by atoms with Crippen LogP contribution in [0.3, 0.4) is 0 Å². The molecule has 0 aliphatic carbocycles. The maximum absolute atomic E-state index is 8.70. The lowest BCUT2D eigenvalue weighted by molar-refractivity contribution is 0.120. The molecule has 0 amide bonds. The minimum atomic E-state index is -1.02. The number of aliphatic hydroxyl groups excluding tert-OH is 1. The van der Waals surface area contributed by atoms with Crippen molar-refractivity contribution in [3.8, 4) is 0 Å². The molecule has 50 valence electrons. The molecule has 0 aliphatic heterocycles. The second-order valence-electron chi connectivity index (χ2n) is 1.65. The van der Waals surface area contributed by atoms with Crippen molar-refractivity contribution in [1.29, 1.82) is 0 Å². The van der Waals surface area contributed by atoms with Gasteiger partial charge in [0, 0.05) is 0 Å². The van der Waals surface area contributed by atoms with Gasteiger partial charge in [-0.15, -0.1) is 0 Å². The van der Waals surface area contributed by atoms with Crippen molar-refractivity contribution in [2.75, 3.05) is 0 Å². The van der Waals surface area contributed by atoms with Crippen molar-refractivity contribution in [3.63, 3.8) is 0 Å². The highest BCUT2D eigenvalue weighted by atomic mass is 16.3. The van der Waals surface area contributed by atoms with Crippen LogP contribution in [0.25, 0.3) is 0 Å². The Morgan fingerprint density at radius 3 is 1.12 bits per heavy atom. The molecule has 5 nitrogen and oxygen atoms in total. The highest BCUT2D eigenvalue weighted by molar-refractivity contribution is 4.71. The first-order valence-corrected chi connectivity index (χ1v) is 2.26. The first-order valence-electron chi connectivity index (χ1n) is 2.26. The molecule has 0 saturated carbocycles. The van der Waals surface area contributed by atoms with E-state index in [2.05, 4.69) is 0 Å². The summed E-state index contributed by atoms with van der Waals surface area (Å²) >= 11 is 0. The minimum Gasteiger partial charge on any atom is -0.387 e. The highest BCUT2D eigenvalue weighted by Crippen LogP contribution is 1.81. The second kappa shape index (κ2) is 2.95. The highest BCUT2D eigenvalue weighted by Gasteiger charge is 2.13. The molecule has 0 aliphatic rings. The summed E-state index contributed by atoms with van der Waals surface area (Å²) in [6.45, 7) is 0. The fourth-order valence-corrected chi connectivity index (χ4v) is 0.257. The van der Waals surface area contributed by atoms with E-state index in [1.54, 1.807) is 0 Å². The second-order valence-corrected chi connectivity index (χ2v) is 1.65. The fraction of sp³-hybridized carbons (Fsp3) is 1.00. The van der Waals surface area contributed by atoms with E-state index < -0.39 is 18.4 Å². The van der Waals surface area contributed by atoms with Crippen LogP contribution in [-0.2, 0) is 0 Å². The summed E-state index contributed by atoms with van der Waals surface area (Å²) in [5, 5.41) is 8.70. The van der Waals surface area contributed by atoms with Gasteiger partial charge in [-0.25, -0.2) is 0 Å². The van der Waals surface area contributed by atoms with Crippen molar-refractivity contribution in [2.45, 2.75) is 18.4 Å². The summed E-state index contributed by atoms with van der Waals surface area (Å²) in [6.07, 6.45) is -2.72. The van der Waals surface area contributed by atoms with E-state index >= 15 is 0 Å². The van der Waals surface area contributed by atoms with Crippen LogP contribution in [0.4, 0.5) is 0 Å². The Kier molecular flexibility index (Phi) is 2.88. The van der Waals surface area contributed by atoms with Crippen LogP contribution in [0.15, 0.2) is 0 Å². The average molecular weight is 120 g/mol. The van der Waals surface area contributed by atoms with Crippen LogP contribution >= 0.6 is 0 Å². The Bertz CT molecular complexity index is 56.3. The topological polar surface area (TPSA) is 124 Å². The summed E-state index contributed by atoms with van der Waals surface area (Å²) in [4.78, 5) is 0. The van der Waals surface area contributed by atoms with Gasteiger partial charge in [-0.05, 0) is 0 Å². The van der Waals surface area contributed by atoms with E-state index in [1.807, 2.05) is 0 Å². The van der Waals surface area contributed by atoms with Crippen molar-refractivity contribution in [1.82, 2.24) is 0 Å². The summed E-state index contributed by atoms with van der Waals surface area (Å²) in [5.74, 6) is 0. The van der Waals surface area contributed by atoms with Crippen molar-refractivity contribution < 1.29 is 5.11 Å². The minimum absolute atomic E-state index is 0.852. The van der Waals surface area contributed by atoms with E-state index in [-0.39, 0.29) is 0 Å². The number of nitrogens with two attached hydrogens (primary N) is 4. The molecule has 0 aromatic heterocycles. The van der Waals surface area contributed by atoms with E-state index in [9.17, 15) is 0 Å². The zero-order valence-corrected chi connectivity index (χ0v) is 4.49. The van der Waals surface area contributed by atoms with Gasteiger partial charge in [0.05, 0.1) is 12.3 Å². The van der Waals surface area contributed by atoms with Gasteiger partial charge in [0.1, 0.15) is 6.10 Å². The van der Waals surface area contributed by atoms with Gasteiger partial charge in [0.2, 0.25) is 0 Å². The SMILES string of the molecule is NC(N)C(O)C(N)N. The number of hydrogen-bond donors (Lipinski definition) is 5. The van der Waals surface area contributed by atoms with Gasteiger partial charge in [0.15, 0.2) is 0 Å². The molecule has 8 heavy (non-hydrogen) atoms. The van der Waals surface area contributed by atoms with Gasteiger partial charge in [0.25, 0.3) is 0 Å². The molecule has 0 radical (unpaired) electrons. The fourth-order valence-electron chi connectivity index (χ4n) is 0.257. The van der Waals surface area contributed by atoms with E-state index in [4.69, 9.17) is 28.0 Å². The third-order valence-electron chi connectivity index (χ3n) is 0.789. The summed E-state index contributed by atoms with van der Waals surface area (Å²) in [5.41, 5.74) is 20.0. The smallest absolute Gasteiger partial charge is 0.110 e. The van der Waals surface area contributed by atoms with Crippen molar-refractivity contribution in [2.24, 2.45) is 22.9 Å². The Balaban J connectivity index is 3.46. The maximum Gasteiger partial charge on any atom is 0.110 e. The maximum atomic E-state index is 8.70. The van der Waals surface area contributed by atoms with E-state index in [0.717, 1.165) is 0 Å². The predicted octanol–water partition coefficient (Wildman–Crippen LogP) is -3.17. The van der Waals surface area contributed by atoms with Gasteiger partial charge >= 0.3 is 0 Å². The Morgan fingerprint density at radius 1 is 0.875 bits per heavy atom. The third kappa shape index (κ3) is 2.20. The molecule has 9 N–H and O–H groups in total. The number of hydrogen-bond acceptors (Lipinski definition) is 5. The third-order valence-corrected chi connectivity index (χ3v) is 0.789. The zero-order chi connectivity index (χ0) is 6.73. The summed E-state index contributed by atoms with van der Waals surface area (Å²) in [7, 11) is 0. The van der Waals surface area contributed by atoms with E-state index in [0.29, 0.717) is 0 Å². The summed E-state index contributed by atoms with van der Waals surface area (Å²) in [6, 6.07) is 0. The van der Waals surface area contributed by atoms with Crippen LogP contribution in [-0.4, -0.2) is 23.5 Å². The molecular formula is C3H12N4O. The molecule has 0 aromatic carbocycles. The first-order chi connectivity index (χ1) is 3.55. The molecule has 0 rings (SSSR count). The van der Waals surface area contributed by atoms with Crippen molar-refractivity contribution >= 4 is 0 Å². The lowest BCUT2D eigenvalue weighted by atomic mass is 10.2. The van der Waals surface area contributed by atoms with Crippen molar-refractivity contribution in [3.05, 3.63) is 0 Å². The monoisotopic (exact) mass is 120 g/mol. The van der Waals surface area contributed by atoms with Gasteiger partial charge in [-0.1, -0.05) is 0 Å². The summed E-state index contributed by atoms with van der Waals surface area (Å²) < 4.78 is 0. The molecule has 0 bridgehead atoms. The van der Waals surface area contributed by atoms with Crippen LogP contribution in [0.1, 0.15) is 0 Å². The van der Waals surface area contributed by atoms with Crippen LogP contribution in [0.5, 0.6) is 0 Å². The molecule has 0 saturated heterocycles. The van der Waals surface area contributed by atoms with Gasteiger partial charge in [-0.3, -0.25) is 0 Å². The quantitative estimate of drug-likeness (QED) is 0.246. The Hall–Kier alpha value is -0.200. The molecular weight excluding hydrogens is 108 g/mol. The van der Waals surface area contributed by atoms with Crippen LogP contribution in [0, 0.1) is 0 Å². The molecule has 5 heteroatoms. The van der Waals surface area contributed by atoms with Crippen LogP contribution in [0.2, 0.25) is 0 Å². The molecule has 0 heterocycles. The molecule has 0 unspecified atom stereocenters. The average Bonchev–Trinajstić information content (AvgIpc) is 1.64. The largest absolute Gasteiger partial charge is 0.387 e. The van der Waals surface area contributed by atoms with E-state index in [1.165, 1.54) is 0 Å². The standard InChI is InChI=1S/C3H12N4O/c4-2(5)1(8)3(6)7/h1-3,8H,4-7H2. The predicted molar refractivity (Wildman–Crippen MR) is 30.3 cm³/mol. The Morgan fingerprint density at radius 2 is 1.12 bits per heavy atom. The zero-order valence-electron chi connectivity index (χ0n) is 4.49. The van der Waals surface area contributed by atoms with Crippen LogP contribution < -0.4 is 22.9 Å². The first kappa shape index (κ1) is 7.80. The Labute approximate surface area is 47.6 Å². The number of aliphatic hydroxyl groups is 1. The van der Waals surface area contributed by atoms with Gasteiger partial charge in [-0.2, -0.15) is 0 Å². The molecule has 0 atom stereocenters.